The van der Waals surface area contributed by atoms with Gasteiger partial charge in [-0.1, -0.05) is 17.7 Å². The summed E-state index contributed by atoms with van der Waals surface area (Å²) in [6, 6.07) is 10.6. The number of hydrogen-bond acceptors (Lipinski definition) is 4. The normalized spacial score (nSPS) is 11.7. The lowest BCUT2D eigenvalue weighted by atomic mass is 10.3. The number of halogens is 1. The number of rotatable bonds is 3. The fourth-order valence-electron chi connectivity index (χ4n) is 2.04. The molecule has 1 heterocycles. The van der Waals surface area contributed by atoms with Gasteiger partial charge in [-0.15, -0.1) is 0 Å². The fraction of sp³-hybridized carbons (Fsp3) is 0.0714. The number of hydrogen-bond donors (Lipinski definition) is 1. The molecule has 1 aromatic heterocycles. The van der Waals surface area contributed by atoms with E-state index in [1.54, 1.807) is 18.2 Å². The molecule has 0 aliphatic carbocycles. The van der Waals surface area contributed by atoms with Crippen LogP contribution in [0, 0.1) is 0 Å². The van der Waals surface area contributed by atoms with Crippen LogP contribution in [0.3, 0.4) is 0 Å². The summed E-state index contributed by atoms with van der Waals surface area (Å²) in [5.74, 6) is -0.549. The zero-order chi connectivity index (χ0) is 15.9. The standard InChI is InChI=1S/C14H11ClN2O4S/c1-17-12-8-11(5-6-13(12)21-14(17)18)22(19,20)16-10-4-2-3-9(15)7-10/h2-8,16H,1H3. The summed E-state index contributed by atoms with van der Waals surface area (Å²) in [5.41, 5.74) is 1.09. The van der Waals surface area contributed by atoms with Crippen molar-refractivity contribution in [1.29, 1.82) is 0 Å². The van der Waals surface area contributed by atoms with Gasteiger partial charge in [0.15, 0.2) is 5.58 Å². The highest BCUT2D eigenvalue weighted by Crippen LogP contribution is 2.22. The summed E-state index contributed by atoms with van der Waals surface area (Å²) in [6.45, 7) is 0. The minimum absolute atomic E-state index is 0.0244. The number of nitrogens with zero attached hydrogens (tertiary/aromatic N) is 1. The summed E-state index contributed by atoms with van der Waals surface area (Å²) in [5, 5.41) is 0.424. The number of anilines is 1. The second-order valence-corrected chi connectivity index (χ2v) is 6.79. The molecular weight excluding hydrogens is 328 g/mol. The van der Waals surface area contributed by atoms with Crippen LogP contribution in [0.1, 0.15) is 0 Å². The van der Waals surface area contributed by atoms with E-state index in [0.29, 0.717) is 21.8 Å². The third kappa shape index (κ3) is 2.60. The van der Waals surface area contributed by atoms with Crippen LogP contribution in [0.2, 0.25) is 5.02 Å². The molecular formula is C14H11ClN2O4S. The molecule has 0 aliphatic rings. The molecule has 2 aromatic carbocycles. The fourth-order valence-corrected chi connectivity index (χ4v) is 3.30. The monoisotopic (exact) mass is 338 g/mol. The molecule has 0 fully saturated rings. The average molecular weight is 339 g/mol. The quantitative estimate of drug-likeness (QED) is 0.795. The minimum Gasteiger partial charge on any atom is -0.408 e. The summed E-state index contributed by atoms with van der Waals surface area (Å²) in [7, 11) is -2.29. The Kier molecular flexibility index (Phi) is 3.46. The van der Waals surface area contributed by atoms with E-state index in [1.807, 2.05) is 0 Å². The van der Waals surface area contributed by atoms with Crippen LogP contribution in [0.25, 0.3) is 11.1 Å². The van der Waals surface area contributed by atoms with Gasteiger partial charge in [-0.05, 0) is 36.4 Å². The van der Waals surface area contributed by atoms with E-state index >= 15 is 0 Å². The maximum Gasteiger partial charge on any atom is 0.419 e. The van der Waals surface area contributed by atoms with E-state index in [4.69, 9.17) is 16.0 Å². The molecule has 22 heavy (non-hydrogen) atoms. The van der Waals surface area contributed by atoms with Gasteiger partial charge in [0.1, 0.15) is 0 Å². The van der Waals surface area contributed by atoms with E-state index < -0.39 is 15.8 Å². The van der Waals surface area contributed by atoms with Crippen LogP contribution in [0.5, 0.6) is 0 Å². The van der Waals surface area contributed by atoms with Gasteiger partial charge in [0, 0.05) is 12.1 Å². The van der Waals surface area contributed by atoms with Crippen LogP contribution in [-0.4, -0.2) is 13.0 Å². The van der Waals surface area contributed by atoms with Crippen LogP contribution < -0.4 is 10.5 Å². The van der Waals surface area contributed by atoms with Crippen molar-refractivity contribution in [2.45, 2.75) is 4.90 Å². The van der Waals surface area contributed by atoms with E-state index in [2.05, 4.69) is 4.72 Å². The second kappa shape index (κ2) is 5.19. The van der Waals surface area contributed by atoms with E-state index in [-0.39, 0.29) is 4.90 Å². The zero-order valence-electron chi connectivity index (χ0n) is 11.4. The van der Waals surface area contributed by atoms with Gasteiger partial charge in [0.25, 0.3) is 10.0 Å². The van der Waals surface area contributed by atoms with Crippen molar-refractivity contribution in [3.63, 3.8) is 0 Å². The first-order chi connectivity index (χ1) is 10.4. The first-order valence-corrected chi connectivity index (χ1v) is 8.11. The molecule has 3 aromatic rings. The summed E-state index contributed by atoms with van der Waals surface area (Å²) in [6.07, 6.45) is 0. The Morgan fingerprint density at radius 3 is 2.68 bits per heavy atom. The lowest BCUT2D eigenvalue weighted by molar-refractivity contribution is 0.528. The molecule has 0 saturated carbocycles. The molecule has 0 atom stereocenters. The third-order valence-corrected chi connectivity index (χ3v) is 4.76. The predicted molar refractivity (Wildman–Crippen MR) is 83.7 cm³/mol. The number of oxazole rings is 1. The lowest BCUT2D eigenvalue weighted by Gasteiger charge is -2.08. The van der Waals surface area contributed by atoms with Gasteiger partial charge < -0.3 is 4.42 Å². The van der Waals surface area contributed by atoms with Crippen LogP contribution in [0.4, 0.5) is 5.69 Å². The average Bonchev–Trinajstić information content (AvgIpc) is 2.73. The van der Waals surface area contributed by atoms with Crippen molar-refractivity contribution in [2.24, 2.45) is 7.05 Å². The highest BCUT2D eigenvalue weighted by molar-refractivity contribution is 7.92. The van der Waals surface area contributed by atoms with Crippen molar-refractivity contribution in [1.82, 2.24) is 4.57 Å². The second-order valence-electron chi connectivity index (χ2n) is 4.67. The highest BCUT2D eigenvalue weighted by Gasteiger charge is 2.17. The molecule has 114 valence electrons. The summed E-state index contributed by atoms with van der Waals surface area (Å²) >= 11 is 5.84. The van der Waals surface area contributed by atoms with Crippen molar-refractivity contribution in [2.75, 3.05) is 4.72 Å². The van der Waals surface area contributed by atoms with Gasteiger partial charge in [-0.3, -0.25) is 9.29 Å². The number of aromatic nitrogens is 1. The number of aryl methyl sites for hydroxylation is 1. The maximum absolute atomic E-state index is 12.4. The van der Waals surface area contributed by atoms with Crippen LogP contribution in [-0.2, 0) is 17.1 Å². The molecule has 0 radical (unpaired) electrons. The number of benzene rings is 2. The van der Waals surface area contributed by atoms with Gasteiger partial charge in [0.2, 0.25) is 0 Å². The molecule has 0 unspecified atom stereocenters. The molecule has 0 bridgehead atoms. The van der Waals surface area contributed by atoms with Crippen LogP contribution >= 0.6 is 11.6 Å². The molecule has 0 saturated heterocycles. The first kappa shape index (κ1) is 14.7. The Morgan fingerprint density at radius 2 is 1.95 bits per heavy atom. The molecule has 0 aliphatic heterocycles. The van der Waals surface area contributed by atoms with E-state index in [9.17, 15) is 13.2 Å². The summed E-state index contributed by atoms with van der Waals surface area (Å²) < 4.78 is 33.5. The van der Waals surface area contributed by atoms with Crippen molar-refractivity contribution in [3.05, 3.63) is 58.0 Å². The Bertz CT molecular complexity index is 1020. The maximum atomic E-state index is 12.4. The van der Waals surface area contributed by atoms with Crippen LogP contribution in [0.15, 0.2) is 56.6 Å². The van der Waals surface area contributed by atoms with Gasteiger partial charge in [-0.2, -0.15) is 0 Å². The van der Waals surface area contributed by atoms with Crippen molar-refractivity contribution < 1.29 is 12.8 Å². The van der Waals surface area contributed by atoms with Gasteiger partial charge in [-0.25, -0.2) is 13.2 Å². The predicted octanol–water partition coefficient (Wildman–Crippen LogP) is 2.59. The molecule has 3 rings (SSSR count). The first-order valence-electron chi connectivity index (χ1n) is 6.25. The largest absolute Gasteiger partial charge is 0.419 e. The Hall–Kier alpha value is -2.25. The highest BCUT2D eigenvalue weighted by atomic mass is 35.5. The zero-order valence-corrected chi connectivity index (χ0v) is 13.0. The summed E-state index contributed by atoms with van der Waals surface area (Å²) in [4.78, 5) is 11.5. The number of fused-ring (bicyclic) bond motifs is 1. The molecule has 0 amide bonds. The molecule has 6 nitrogen and oxygen atoms in total. The van der Waals surface area contributed by atoms with Crippen molar-refractivity contribution >= 4 is 38.4 Å². The Balaban J connectivity index is 2.05. The van der Waals surface area contributed by atoms with Gasteiger partial charge >= 0.3 is 5.76 Å². The SMILES string of the molecule is Cn1c(=O)oc2ccc(S(=O)(=O)Nc3cccc(Cl)c3)cc21. The Morgan fingerprint density at radius 1 is 1.18 bits per heavy atom. The molecule has 1 N–H and O–H groups in total. The van der Waals surface area contributed by atoms with Crippen molar-refractivity contribution in [3.8, 4) is 0 Å². The smallest absolute Gasteiger partial charge is 0.408 e. The molecule has 8 heteroatoms. The minimum atomic E-state index is -3.79. The molecule has 0 spiro atoms. The number of sulfonamides is 1. The van der Waals surface area contributed by atoms with E-state index in [0.717, 1.165) is 0 Å². The Labute approximate surface area is 131 Å². The lowest BCUT2D eigenvalue weighted by Crippen LogP contribution is -2.13. The van der Waals surface area contributed by atoms with Gasteiger partial charge in [0.05, 0.1) is 16.1 Å². The number of nitrogens with one attached hydrogen (secondary N) is 1. The third-order valence-electron chi connectivity index (χ3n) is 3.15. The topological polar surface area (TPSA) is 81.3 Å². The van der Waals surface area contributed by atoms with E-state index in [1.165, 1.54) is 35.9 Å².